The van der Waals surface area contributed by atoms with Gasteiger partial charge in [0.2, 0.25) is 0 Å². The van der Waals surface area contributed by atoms with Gasteiger partial charge in [0.15, 0.2) is 0 Å². The lowest BCUT2D eigenvalue weighted by atomic mass is 10.1. The fourth-order valence-corrected chi connectivity index (χ4v) is 1.41. The predicted molar refractivity (Wildman–Crippen MR) is 53.3 cm³/mol. The highest BCUT2D eigenvalue weighted by Crippen LogP contribution is 2.23. The van der Waals surface area contributed by atoms with E-state index in [1.165, 1.54) is 12.4 Å². The van der Waals surface area contributed by atoms with Gasteiger partial charge in [-0.3, -0.25) is 0 Å². The fraction of sp³-hybridized carbons (Fsp3) is 0.0909. The van der Waals surface area contributed by atoms with E-state index >= 15 is 0 Å². The summed E-state index contributed by atoms with van der Waals surface area (Å²) in [7, 11) is 1.70. The first-order valence-electron chi connectivity index (χ1n) is 4.40. The summed E-state index contributed by atoms with van der Waals surface area (Å²) in [4.78, 5) is 4.02. The Morgan fingerprint density at radius 1 is 1.40 bits per heavy atom. The summed E-state index contributed by atoms with van der Waals surface area (Å²) in [5.41, 5.74) is 1.10. The minimum Gasteiger partial charge on any atom is -0.325 e. The molecule has 74 valence electrons. The van der Waals surface area contributed by atoms with Crippen LogP contribution in [0.4, 0.5) is 4.39 Å². The van der Waals surface area contributed by atoms with Crippen LogP contribution in [-0.4, -0.2) is 9.55 Å². The van der Waals surface area contributed by atoms with Crippen molar-refractivity contribution in [2.45, 2.75) is 0 Å². The number of hydrogen-bond donors (Lipinski definition) is 0. The summed E-state index contributed by atoms with van der Waals surface area (Å²) < 4.78 is 15.0. The Morgan fingerprint density at radius 2 is 2.13 bits per heavy atom. The van der Waals surface area contributed by atoms with Crippen LogP contribution >= 0.6 is 0 Å². The Labute approximate surface area is 86.4 Å². The second kappa shape index (κ2) is 3.54. The van der Waals surface area contributed by atoms with Crippen LogP contribution in [0.2, 0.25) is 0 Å². The molecule has 2 aromatic rings. The number of rotatable bonds is 1. The summed E-state index contributed by atoms with van der Waals surface area (Å²) in [5, 5.41) is 8.91. The summed E-state index contributed by atoms with van der Waals surface area (Å²) in [5.74, 6) is -0.368. The first-order valence-corrected chi connectivity index (χ1v) is 4.40. The Morgan fingerprint density at radius 3 is 2.80 bits per heavy atom. The van der Waals surface area contributed by atoms with Gasteiger partial charge in [-0.2, -0.15) is 5.26 Å². The molecule has 0 saturated carbocycles. The highest BCUT2D eigenvalue weighted by Gasteiger charge is 2.13. The maximum atomic E-state index is 13.4. The van der Waals surface area contributed by atoms with Gasteiger partial charge in [0, 0.05) is 12.6 Å². The standard InChI is InChI=1S/C11H8FN3/c1-15-7-14-11(10(15)6-13)8-4-2-3-5-9(8)12/h2-5,7H,1H3. The molecule has 0 atom stereocenters. The van der Waals surface area contributed by atoms with Gasteiger partial charge in [-0.25, -0.2) is 9.37 Å². The van der Waals surface area contributed by atoms with E-state index in [1.54, 1.807) is 29.8 Å². The molecular weight excluding hydrogens is 193 g/mol. The third-order valence-electron chi connectivity index (χ3n) is 2.17. The van der Waals surface area contributed by atoms with Crippen molar-refractivity contribution in [1.82, 2.24) is 9.55 Å². The smallest absolute Gasteiger partial charge is 0.147 e. The third kappa shape index (κ3) is 1.48. The van der Waals surface area contributed by atoms with Gasteiger partial charge < -0.3 is 4.57 Å². The van der Waals surface area contributed by atoms with Crippen molar-refractivity contribution in [2.75, 3.05) is 0 Å². The lowest BCUT2D eigenvalue weighted by Gasteiger charge is -1.99. The Kier molecular flexibility index (Phi) is 2.22. The molecule has 0 N–H and O–H groups in total. The highest BCUT2D eigenvalue weighted by molar-refractivity contribution is 5.65. The molecular formula is C11H8FN3. The molecule has 0 aliphatic heterocycles. The number of aryl methyl sites for hydroxylation is 1. The van der Waals surface area contributed by atoms with Gasteiger partial charge >= 0.3 is 0 Å². The van der Waals surface area contributed by atoms with E-state index in [1.807, 2.05) is 6.07 Å². The molecule has 0 saturated heterocycles. The van der Waals surface area contributed by atoms with Crippen molar-refractivity contribution < 1.29 is 4.39 Å². The van der Waals surface area contributed by atoms with Crippen LogP contribution in [0.3, 0.4) is 0 Å². The summed E-state index contributed by atoms with van der Waals surface area (Å²) in [6.45, 7) is 0. The molecule has 0 aliphatic rings. The molecule has 0 bridgehead atoms. The van der Waals surface area contributed by atoms with Crippen LogP contribution in [0.15, 0.2) is 30.6 Å². The topological polar surface area (TPSA) is 41.6 Å². The van der Waals surface area contributed by atoms with E-state index in [0.717, 1.165) is 0 Å². The van der Waals surface area contributed by atoms with E-state index in [-0.39, 0.29) is 5.82 Å². The predicted octanol–water partition coefficient (Wildman–Crippen LogP) is 2.10. The molecule has 0 radical (unpaired) electrons. The monoisotopic (exact) mass is 201 g/mol. The average Bonchev–Trinajstić information content (AvgIpc) is 2.60. The zero-order chi connectivity index (χ0) is 10.8. The van der Waals surface area contributed by atoms with E-state index in [9.17, 15) is 4.39 Å². The van der Waals surface area contributed by atoms with Crippen LogP contribution < -0.4 is 0 Å². The molecule has 0 fully saturated rings. The van der Waals surface area contributed by atoms with Gasteiger partial charge in [-0.15, -0.1) is 0 Å². The normalized spacial score (nSPS) is 9.93. The van der Waals surface area contributed by atoms with Gasteiger partial charge in [-0.05, 0) is 12.1 Å². The second-order valence-corrected chi connectivity index (χ2v) is 3.14. The zero-order valence-electron chi connectivity index (χ0n) is 8.11. The minimum absolute atomic E-state index is 0.356. The summed E-state index contributed by atoms with van der Waals surface area (Å²) in [6.07, 6.45) is 1.50. The average molecular weight is 201 g/mol. The van der Waals surface area contributed by atoms with E-state index in [4.69, 9.17) is 5.26 Å². The van der Waals surface area contributed by atoms with Crippen LogP contribution in [0.5, 0.6) is 0 Å². The maximum absolute atomic E-state index is 13.4. The molecule has 4 heteroatoms. The molecule has 0 aliphatic carbocycles. The molecule has 0 unspecified atom stereocenters. The number of imidazole rings is 1. The highest BCUT2D eigenvalue weighted by atomic mass is 19.1. The minimum atomic E-state index is -0.368. The van der Waals surface area contributed by atoms with E-state index in [2.05, 4.69) is 4.98 Å². The second-order valence-electron chi connectivity index (χ2n) is 3.14. The quantitative estimate of drug-likeness (QED) is 0.709. The Balaban J connectivity index is 2.66. The fourth-order valence-electron chi connectivity index (χ4n) is 1.41. The molecule has 3 nitrogen and oxygen atoms in total. The SMILES string of the molecule is Cn1cnc(-c2ccccc2F)c1C#N. The molecule has 1 aromatic heterocycles. The molecule has 15 heavy (non-hydrogen) atoms. The van der Waals surface area contributed by atoms with Crippen molar-refractivity contribution in [2.24, 2.45) is 7.05 Å². The number of halogens is 1. The van der Waals surface area contributed by atoms with E-state index in [0.29, 0.717) is 17.0 Å². The van der Waals surface area contributed by atoms with Crippen LogP contribution in [0.25, 0.3) is 11.3 Å². The van der Waals surface area contributed by atoms with Crippen LogP contribution in [0, 0.1) is 17.1 Å². The van der Waals surface area contributed by atoms with Crippen LogP contribution in [-0.2, 0) is 7.05 Å². The number of hydrogen-bond acceptors (Lipinski definition) is 2. The summed E-state index contributed by atoms with van der Waals surface area (Å²) in [6, 6.07) is 8.29. The van der Waals surface area contributed by atoms with Gasteiger partial charge in [0.1, 0.15) is 23.3 Å². The van der Waals surface area contributed by atoms with Crippen molar-refractivity contribution in [1.29, 1.82) is 5.26 Å². The molecule has 2 rings (SSSR count). The van der Waals surface area contributed by atoms with Crippen molar-refractivity contribution in [3.05, 3.63) is 42.1 Å². The Hall–Kier alpha value is -2.15. The zero-order valence-corrected chi connectivity index (χ0v) is 8.11. The lowest BCUT2D eigenvalue weighted by Crippen LogP contribution is -1.92. The van der Waals surface area contributed by atoms with Crippen LogP contribution in [0.1, 0.15) is 5.69 Å². The van der Waals surface area contributed by atoms with Crippen molar-refractivity contribution in [3.63, 3.8) is 0 Å². The first kappa shape index (κ1) is 9.41. The summed E-state index contributed by atoms with van der Waals surface area (Å²) >= 11 is 0. The largest absolute Gasteiger partial charge is 0.325 e. The Bertz CT molecular complexity index is 537. The maximum Gasteiger partial charge on any atom is 0.147 e. The number of nitrogens with zero attached hydrogens (tertiary/aromatic N) is 3. The molecule has 1 heterocycles. The van der Waals surface area contributed by atoms with Crippen molar-refractivity contribution in [3.8, 4) is 17.3 Å². The molecule has 1 aromatic carbocycles. The lowest BCUT2D eigenvalue weighted by molar-refractivity contribution is 0.631. The first-order chi connectivity index (χ1) is 7.24. The molecule has 0 spiro atoms. The number of nitriles is 1. The third-order valence-corrected chi connectivity index (χ3v) is 2.17. The van der Waals surface area contributed by atoms with Gasteiger partial charge in [0.05, 0.1) is 6.33 Å². The van der Waals surface area contributed by atoms with Gasteiger partial charge in [0.25, 0.3) is 0 Å². The number of aromatic nitrogens is 2. The number of benzene rings is 1. The molecule has 0 amide bonds. The van der Waals surface area contributed by atoms with E-state index < -0.39 is 0 Å². The van der Waals surface area contributed by atoms with Gasteiger partial charge in [-0.1, -0.05) is 12.1 Å². The van der Waals surface area contributed by atoms with Crippen molar-refractivity contribution >= 4 is 0 Å².